The molecule has 1 fully saturated rings. The summed E-state index contributed by atoms with van der Waals surface area (Å²) in [5, 5.41) is 8.75. The smallest absolute Gasteiger partial charge is 0.477 e. The zero-order valence-electron chi connectivity index (χ0n) is 15.8. The van der Waals surface area contributed by atoms with Crippen LogP contribution >= 0.6 is 11.8 Å². The van der Waals surface area contributed by atoms with E-state index < -0.39 is 41.5 Å². The summed E-state index contributed by atoms with van der Waals surface area (Å²) in [5.74, 6) is -3.84. The van der Waals surface area contributed by atoms with Crippen LogP contribution in [0.2, 0.25) is 0 Å². The van der Waals surface area contributed by atoms with E-state index in [4.69, 9.17) is 14.4 Å². The second-order valence-electron chi connectivity index (χ2n) is 7.25. The van der Waals surface area contributed by atoms with E-state index in [0.29, 0.717) is 5.47 Å². The number of hydrogen-bond donors (Lipinski definition) is 1. The molecular weight excluding hydrogens is 377 g/mol. The molecule has 5 nitrogen and oxygen atoms in total. The summed E-state index contributed by atoms with van der Waals surface area (Å²) in [6.45, 7) is 8.87. The minimum atomic E-state index is -1.68. The highest BCUT2D eigenvalue weighted by Crippen LogP contribution is 2.39. The summed E-state index contributed by atoms with van der Waals surface area (Å²) in [5.41, 5.74) is -1.63. The van der Waals surface area contributed by atoms with Crippen LogP contribution in [0, 0.1) is 11.6 Å². The average molecular weight is 398 g/mol. The molecule has 0 radical (unpaired) electrons. The van der Waals surface area contributed by atoms with Gasteiger partial charge in [-0.2, -0.15) is 0 Å². The molecule has 0 unspecified atom stereocenters. The van der Waals surface area contributed by atoms with Gasteiger partial charge >= 0.3 is 13.1 Å². The average Bonchev–Trinajstić information content (AvgIpc) is 2.70. The number of thioether (sulfide) groups is 1. The zero-order valence-corrected chi connectivity index (χ0v) is 16.6. The summed E-state index contributed by atoms with van der Waals surface area (Å²) < 4.78 is 39.9. The largest absolute Gasteiger partial charge is 0.491 e. The lowest BCUT2D eigenvalue weighted by atomic mass is 9.78. The highest BCUT2D eigenvalue weighted by Gasteiger charge is 2.52. The van der Waals surface area contributed by atoms with Crippen molar-refractivity contribution in [2.75, 3.05) is 5.75 Å². The Morgan fingerprint density at radius 2 is 1.63 bits per heavy atom. The van der Waals surface area contributed by atoms with Crippen LogP contribution in [0.25, 0.3) is 6.08 Å². The fourth-order valence-corrected chi connectivity index (χ4v) is 3.04. The predicted octanol–water partition coefficient (Wildman–Crippen LogP) is 3.96. The number of hydrogen-bond acceptors (Lipinski definition) is 5. The Morgan fingerprint density at radius 1 is 1.15 bits per heavy atom. The Morgan fingerprint density at radius 3 is 2.04 bits per heavy atom. The molecule has 1 heterocycles. The summed E-state index contributed by atoms with van der Waals surface area (Å²) >= 11 is 1.01. The molecule has 0 amide bonds. The maximum absolute atomic E-state index is 14.0. The Bertz CT molecular complexity index is 768. The van der Waals surface area contributed by atoms with Crippen molar-refractivity contribution in [3.8, 4) is 0 Å². The minimum absolute atomic E-state index is 0.115. The third-order valence-corrected chi connectivity index (χ3v) is 5.51. The first-order valence-electron chi connectivity index (χ1n) is 8.26. The fourth-order valence-electron chi connectivity index (χ4n) is 2.45. The highest BCUT2D eigenvalue weighted by atomic mass is 32.2. The lowest BCUT2D eigenvalue weighted by Gasteiger charge is -2.32. The molecule has 0 spiro atoms. The van der Waals surface area contributed by atoms with Crippen molar-refractivity contribution >= 4 is 36.0 Å². The van der Waals surface area contributed by atoms with Gasteiger partial charge < -0.3 is 14.4 Å². The number of carbonyl (C=O) groups is 2. The van der Waals surface area contributed by atoms with E-state index in [9.17, 15) is 18.4 Å². The van der Waals surface area contributed by atoms with Crippen molar-refractivity contribution in [1.29, 1.82) is 0 Å². The second kappa shape index (κ2) is 7.73. The molecule has 0 aromatic heterocycles. The Hall–Kier alpha value is -1.71. The second-order valence-corrected chi connectivity index (χ2v) is 8.40. The van der Waals surface area contributed by atoms with Crippen molar-refractivity contribution in [1.82, 2.24) is 0 Å². The number of halogens is 2. The van der Waals surface area contributed by atoms with E-state index in [-0.39, 0.29) is 16.4 Å². The molecule has 1 aliphatic rings. The summed E-state index contributed by atoms with van der Waals surface area (Å²) in [7, 11) is -0.799. The van der Waals surface area contributed by atoms with E-state index >= 15 is 0 Å². The standard InChI is InChI=1S/C18H21BF2O5S/c1-10(22)27-9-12(19-25-17(2,3)18(4,5)26-19)6-11-7-13(20)15(16(23)24)14(21)8-11/h6-8H,9H2,1-5H3,(H,23,24). The van der Waals surface area contributed by atoms with Crippen molar-refractivity contribution in [2.24, 2.45) is 0 Å². The molecule has 1 saturated heterocycles. The van der Waals surface area contributed by atoms with Gasteiger partial charge in [0.15, 0.2) is 5.12 Å². The molecule has 1 aliphatic heterocycles. The van der Waals surface area contributed by atoms with Gasteiger partial charge in [0, 0.05) is 12.7 Å². The molecular formula is C18H21BF2O5S. The number of carboxylic acid groups (broad SMARTS) is 1. The monoisotopic (exact) mass is 398 g/mol. The normalized spacial score (nSPS) is 18.6. The van der Waals surface area contributed by atoms with E-state index in [1.165, 1.54) is 13.0 Å². The van der Waals surface area contributed by atoms with Crippen molar-refractivity contribution < 1.29 is 32.8 Å². The number of benzene rings is 1. The van der Waals surface area contributed by atoms with Crippen molar-refractivity contribution in [3.63, 3.8) is 0 Å². The van der Waals surface area contributed by atoms with Gasteiger partial charge in [-0.1, -0.05) is 17.8 Å². The first-order chi connectivity index (χ1) is 12.3. The van der Waals surface area contributed by atoms with Crippen LogP contribution < -0.4 is 0 Å². The topological polar surface area (TPSA) is 72.8 Å². The van der Waals surface area contributed by atoms with Crippen LogP contribution in [0.5, 0.6) is 0 Å². The van der Waals surface area contributed by atoms with Crippen LogP contribution in [0.3, 0.4) is 0 Å². The molecule has 0 bridgehead atoms. The van der Waals surface area contributed by atoms with E-state index in [0.717, 1.165) is 23.9 Å². The molecule has 1 aromatic carbocycles. The molecule has 0 saturated carbocycles. The van der Waals surface area contributed by atoms with Gasteiger partial charge in [0.05, 0.1) is 11.2 Å². The summed E-state index contributed by atoms with van der Waals surface area (Å²) in [4.78, 5) is 22.3. The van der Waals surface area contributed by atoms with Gasteiger partial charge in [0.25, 0.3) is 0 Å². The first-order valence-corrected chi connectivity index (χ1v) is 9.24. The molecule has 0 aliphatic carbocycles. The lowest BCUT2D eigenvalue weighted by Crippen LogP contribution is -2.41. The number of aromatic carboxylic acids is 1. The van der Waals surface area contributed by atoms with Gasteiger partial charge in [-0.05, 0) is 50.9 Å². The van der Waals surface area contributed by atoms with E-state index in [2.05, 4.69) is 0 Å². The quantitative estimate of drug-likeness (QED) is 0.758. The van der Waals surface area contributed by atoms with Gasteiger partial charge in [-0.25, -0.2) is 13.6 Å². The summed E-state index contributed by atoms with van der Waals surface area (Å²) in [6.07, 6.45) is 1.45. The molecule has 146 valence electrons. The van der Waals surface area contributed by atoms with Crippen molar-refractivity contribution in [2.45, 2.75) is 45.8 Å². The maximum Gasteiger partial charge on any atom is 0.491 e. The van der Waals surface area contributed by atoms with Gasteiger partial charge in [0.1, 0.15) is 17.2 Å². The fraction of sp³-hybridized carbons (Fsp3) is 0.444. The van der Waals surface area contributed by atoms with Gasteiger partial charge in [-0.3, -0.25) is 4.79 Å². The lowest BCUT2D eigenvalue weighted by molar-refractivity contribution is -0.109. The Kier molecular flexibility index (Phi) is 6.18. The Labute approximate surface area is 161 Å². The third-order valence-electron chi connectivity index (χ3n) is 4.63. The van der Waals surface area contributed by atoms with Crippen LogP contribution in [0.4, 0.5) is 8.78 Å². The van der Waals surface area contributed by atoms with Crippen LogP contribution in [0.1, 0.15) is 50.5 Å². The molecule has 0 atom stereocenters. The van der Waals surface area contributed by atoms with Gasteiger partial charge in [0.2, 0.25) is 0 Å². The SMILES string of the molecule is CC(=O)SCC(=Cc1cc(F)c(C(=O)O)c(F)c1)B1OC(C)(C)C(C)(C)O1. The number of carboxylic acids is 1. The van der Waals surface area contributed by atoms with Crippen LogP contribution in [-0.2, 0) is 14.1 Å². The molecule has 1 aromatic rings. The minimum Gasteiger partial charge on any atom is -0.477 e. The number of rotatable bonds is 5. The number of carbonyl (C=O) groups excluding carboxylic acids is 1. The van der Waals surface area contributed by atoms with E-state index in [1.807, 2.05) is 27.7 Å². The predicted molar refractivity (Wildman–Crippen MR) is 101 cm³/mol. The van der Waals surface area contributed by atoms with Crippen molar-refractivity contribution in [3.05, 3.63) is 40.4 Å². The maximum atomic E-state index is 14.0. The van der Waals surface area contributed by atoms with Crippen LogP contribution in [0.15, 0.2) is 17.6 Å². The molecule has 9 heteroatoms. The third kappa shape index (κ3) is 4.77. The molecule has 27 heavy (non-hydrogen) atoms. The highest BCUT2D eigenvalue weighted by molar-refractivity contribution is 8.13. The van der Waals surface area contributed by atoms with Crippen LogP contribution in [-0.4, -0.2) is 40.3 Å². The van der Waals surface area contributed by atoms with Gasteiger partial charge in [-0.15, -0.1) is 0 Å². The first kappa shape index (κ1) is 21.6. The molecule has 2 rings (SSSR count). The Balaban J connectivity index is 2.43. The van der Waals surface area contributed by atoms with E-state index in [1.54, 1.807) is 0 Å². The summed E-state index contributed by atoms with van der Waals surface area (Å²) in [6, 6.07) is 1.85. The molecule has 1 N–H and O–H groups in total. The zero-order chi connectivity index (χ0) is 20.6.